The molecule has 0 saturated carbocycles. The van der Waals surface area contributed by atoms with E-state index in [2.05, 4.69) is 138 Å². The molecule has 0 N–H and O–H groups in total. The topological polar surface area (TPSA) is 56.7 Å². The van der Waals surface area contributed by atoms with Crippen LogP contribution >= 0.6 is 0 Å². The van der Waals surface area contributed by atoms with E-state index in [9.17, 15) is 0 Å². The molecule has 0 aliphatic heterocycles. The van der Waals surface area contributed by atoms with Crippen LogP contribution in [0, 0.1) is 0 Å². The average molecular weight is 717 g/mol. The van der Waals surface area contributed by atoms with Crippen LogP contribution in [0.25, 0.3) is 106 Å². The van der Waals surface area contributed by atoms with Crippen LogP contribution in [0.1, 0.15) is 0 Å². The quantitative estimate of drug-likeness (QED) is 0.172. The number of furan rings is 1. The minimum absolute atomic E-state index is 0.591. The van der Waals surface area contributed by atoms with Crippen molar-refractivity contribution < 1.29 is 4.42 Å². The van der Waals surface area contributed by atoms with E-state index in [4.69, 9.17) is 19.4 Å². The number of hydrogen-bond acceptors (Lipinski definition) is 4. The first-order chi connectivity index (χ1) is 27.8. The highest BCUT2D eigenvalue weighted by Gasteiger charge is 2.21. The molecule has 0 saturated heterocycles. The first-order valence-electron chi connectivity index (χ1n) is 18.8. The van der Waals surface area contributed by atoms with Crippen molar-refractivity contribution in [3.63, 3.8) is 0 Å². The molecule has 0 bridgehead atoms. The zero-order chi connectivity index (χ0) is 37.0. The molecule has 11 aromatic rings. The minimum Gasteiger partial charge on any atom is -0.456 e. The van der Waals surface area contributed by atoms with Crippen LogP contribution in [0.3, 0.4) is 0 Å². The highest BCUT2D eigenvalue weighted by molar-refractivity contribution is 6.17. The van der Waals surface area contributed by atoms with Crippen LogP contribution in [0.4, 0.5) is 0 Å². The second-order valence-corrected chi connectivity index (χ2v) is 14.0. The molecule has 0 radical (unpaired) electrons. The maximum Gasteiger partial charge on any atom is 0.164 e. The van der Waals surface area contributed by atoms with E-state index in [-0.39, 0.29) is 0 Å². The number of rotatable bonds is 6. The van der Waals surface area contributed by atoms with Gasteiger partial charge in [-0.1, -0.05) is 152 Å². The van der Waals surface area contributed by atoms with Gasteiger partial charge >= 0.3 is 0 Å². The lowest BCUT2D eigenvalue weighted by Crippen LogP contribution is -2.01. The Morgan fingerprint density at radius 1 is 0.339 bits per heavy atom. The third-order valence-corrected chi connectivity index (χ3v) is 10.6. The summed E-state index contributed by atoms with van der Waals surface area (Å²) in [6.07, 6.45) is 0. The van der Waals surface area contributed by atoms with Crippen molar-refractivity contribution in [3.05, 3.63) is 194 Å². The van der Waals surface area contributed by atoms with Crippen molar-refractivity contribution in [2.45, 2.75) is 0 Å². The SMILES string of the molecule is c1ccc(-c2cc(-c3ccccc3)c3c4ccccc4n(-c4cccc(-c5nc(-c6ccccc6)nc(-c6cccc7oc8ccccc8c67)n5)c4)c3c2)cc1. The zero-order valence-corrected chi connectivity index (χ0v) is 30.2. The highest BCUT2D eigenvalue weighted by Crippen LogP contribution is 2.42. The Bertz CT molecular complexity index is 3240. The summed E-state index contributed by atoms with van der Waals surface area (Å²) >= 11 is 0. The molecule has 0 fully saturated rings. The third kappa shape index (κ3) is 5.29. The summed E-state index contributed by atoms with van der Waals surface area (Å²) in [7, 11) is 0. The molecule has 0 atom stereocenters. The predicted molar refractivity (Wildman–Crippen MR) is 229 cm³/mol. The Labute approximate surface area is 322 Å². The Hall–Kier alpha value is -7.63. The molecule has 0 aliphatic rings. The number of aromatic nitrogens is 4. The Balaban J connectivity index is 1.15. The van der Waals surface area contributed by atoms with Crippen molar-refractivity contribution in [2.75, 3.05) is 0 Å². The normalized spacial score (nSPS) is 11.6. The van der Waals surface area contributed by atoms with Crippen LogP contribution in [0.5, 0.6) is 0 Å². The minimum atomic E-state index is 0.591. The van der Waals surface area contributed by atoms with Gasteiger partial charge in [0.25, 0.3) is 0 Å². The van der Waals surface area contributed by atoms with Crippen molar-refractivity contribution in [1.29, 1.82) is 0 Å². The van der Waals surface area contributed by atoms with Crippen molar-refractivity contribution in [2.24, 2.45) is 0 Å². The van der Waals surface area contributed by atoms with Gasteiger partial charge in [0.1, 0.15) is 11.2 Å². The van der Waals surface area contributed by atoms with Crippen LogP contribution in [0.15, 0.2) is 199 Å². The van der Waals surface area contributed by atoms with E-state index in [1.165, 1.54) is 27.5 Å². The Morgan fingerprint density at radius 2 is 0.929 bits per heavy atom. The second kappa shape index (κ2) is 13.0. The van der Waals surface area contributed by atoms with Crippen LogP contribution < -0.4 is 0 Å². The summed E-state index contributed by atoms with van der Waals surface area (Å²) in [5, 5.41) is 4.42. The molecular formula is C51H32N4O. The highest BCUT2D eigenvalue weighted by atomic mass is 16.3. The lowest BCUT2D eigenvalue weighted by molar-refractivity contribution is 0.669. The van der Waals surface area contributed by atoms with Crippen molar-refractivity contribution in [3.8, 4) is 62.1 Å². The first kappa shape index (κ1) is 31.9. The van der Waals surface area contributed by atoms with E-state index < -0.39 is 0 Å². The standard InChI is InChI=1S/C51H32N4O/c1-4-16-33(17-5-1)37-31-42(34-18-6-2-7-19-34)47-39-24-10-12-27-43(39)55(44(47)32-37)38-23-14-22-36(30-38)50-52-49(35-20-8-3-9-21-35)53-51(54-50)41-26-15-29-46-48(41)40-25-11-13-28-45(40)56-46/h1-32H. The Morgan fingerprint density at radius 3 is 1.71 bits per heavy atom. The van der Waals surface area contributed by atoms with Gasteiger partial charge in [-0.15, -0.1) is 0 Å². The largest absolute Gasteiger partial charge is 0.456 e. The third-order valence-electron chi connectivity index (χ3n) is 10.6. The monoisotopic (exact) mass is 716 g/mol. The second-order valence-electron chi connectivity index (χ2n) is 14.0. The fourth-order valence-corrected chi connectivity index (χ4v) is 8.10. The van der Waals surface area contributed by atoms with Crippen LogP contribution in [-0.2, 0) is 0 Å². The van der Waals surface area contributed by atoms with E-state index in [0.717, 1.165) is 60.9 Å². The Kier molecular flexibility index (Phi) is 7.42. The molecule has 8 aromatic carbocycles. The van der Waals surface area contributed by atoms with Gasteiger partial charge in [-0.2, -0.15) is 0 Å². The molecule has 3 heterocycles. The molecule has 262 valence electrons. The van der Waals surface area contributed by atoms with Gasteiger partial charge in [0.05, 0.1) is 11.0 Å². The lowest BCUT2D eigenvalue weighted by Gasteiger charge is -2.13. The molecule has 11 rings (SSSR count). The van der Waals surface area contributed by atoms with Crippen LogP contribution in [0.2, 0.25) is 0 Å². The van der Waals surface area contributed by atoms with Gasteiger partial charge in [-0.25, -0.2) is 15.0 Å². The first-order valence-corrected chi connectivity index (χ1v) is 18.8. The average Bonchev–Trinajstić information content (AvgIpc) is 3.83. The molecular weight excluding hydrogens is 685 g/mol. The summed E-state index contributed by atoms with van der Waals surface area (Å²) < 4.78 is 8.65. The van der Waals surface area contributed by atoms with Gasteiger partial charge in [0, 0.05) is 43.9 Å². The van der Waals surface area contributed by atoms with Crippen molar-refractivity contribution in [1.82, 2.24) is 19.5 Å². The van der Waals surface area contributed by atoms with E-state index in [1.54, 1.807) is 0 Å². The number of nitrogens with zero attached hydrogens (tertiary/aromatic N) is 4. The zero-order valence-electron chi connectivity index (χ0n) is 30.2. The molecule has 3 aromatic heterocycles. The summed E-state index contributed by atoms with van der Waals surface area (Å²) in [6, 6.07) is 67.5. The van der Waals surface area contributed by atoms with Crippen molar-refractivity contribution >= 4 is 43.7 Å². The predicted octanol–water partition coefficient (Wildman–Crippen LogP) is 13.2. The molecule has 0 spiro atoms. The molecule has 5 heteroatoms. The number of para-hydroxylation sites is 2. The molecule has 56 heavy (non-hydrogen) atoms. The molecule has 0 unspecified atom stereocenters. The van der Waals surface area contributed by atoms with Gasteiger partial charge in [-0.3, -0.25) is 0 Å². The lowest BCUT2D eigenvalue weighted by atomic mass is 9.94. The number of hydrogen-bond donors (Lipinski definition) is 0. The number of fused-ring (bicyclic) bond motifs is 6. The molecule has 0 aliphatic carbocycles. The van der Waals surface area contributed by atoms with Gasteiger partial charge in [-0.05, 0) is 64.7 Å². The fraction of sp³-hybridized carbons (Fsp3) is 0. The number of benzene rings is 8. The summed E-state index contributed by atoms with van der Waals surface area (Å²) in [5.41, 5.74) is 12.3. The maximum atomic E-state index is 6.27. The maximum absolute atomic E-state index is 6.27. The fourth-order valence-electron chi connectivity index (χ4n) is 8.10. The van der Waals surface area contributed by atoms with Crippen LogP contribution in [-0.4, -0.2) is 19.5 Å². The van der Waals surface area contributed by atoms with Gasteiger partial charge < -0.3 is 8.98 Å². The smallest absolute Gasteiger partial charge is 0.164 e. The summed E-state index contributed by atoms with van der Waals surface area (Å²) in [5.74, 6) is 1.79. The summed E-state index contributed by atoms with van der Waals surface area (Å²) in [4.78, 5) is 15.4. The van der Waals surface area contributed by atoms with E-state index in [0.29, 0.717) is 17.5 Å². The van der Waals surface area contributed by atoms with Gasteiger partial charge in [0.2, 0.25) is 0 Å². The summed E-state index contributed by atoms with van der Waals surface area (Å²) in [6.45, 7) is 0. The van der Waals surface area contributed by atoms with E-state index in [1.807, 2.05) is 60.7 Å². The molecule has 0 amide bonds. The van der Waals surface area contributed by atoms with E-state index >= 15 is 0 Å². The van der Waals surface area contributed by atoms with Gasteiger partial charge in [0.15, 0.2) is 17.5 Å². The molecule has 5 nitrogen and oxygen atoms in total.